The van der Waals surface area contributed by atoms with Gasteiger partial charge in [-0.2, -0.15) is 0 Å². The van der Waals surface area contributed by atoms with Crippen LogP contribution in [0.3, 0.4) is 0 Å². The highest BCUT2D eigenvalue weighted by molar-refractivity contribution is 7.89. The van der Waals surface area contributed by atoms with Crippen LogP contribution < -0.4 is 16.2 Å². The Kier molecular flexibility index (Phi) is 3.14. The first kappa shape index (κ1) is 13.0. The molecule has 5 N–H and O–H groups in total. The van der Waals surface area contributed by atoms with Gasteiger partial charge in [-0.05, 0) is 30.5 Å². The molecule has 0 heterocycles. The highest BCUT2D eigenvalue weighted by atomic mass is 32.2. The topological polar surface area (TPSA) is 115 Å². The summed E-state index contributed by atoms with van der Waals surface area (Å²) in [5.74, 6) is -0.205. The Morgan fingerprint density at radius 1 is 1.39 bits per heavy atom. The zero-order valence-electron chi connectivity index (χ0n) is 9.72. The molecule has 0 radical (unpaired) electrons. The van der Waals surface area contributed by atoms with Gasteiger partial charge in [-0.3, -0.25) is 4.79 Å². The molecule has 0 saturated heterocycles. The molecule has 0 atom stereocenters. The standard InChI is InChI=1S/C11H15N3O3S/c12-11(4-5-11)10(15)14-7-8-2-1-3-9(6-8)18(13,16)17/h1-3,6H,4-5,7,12H2,(H,14,15)(H2,13,16,17). The fraction of sp³-hybridized carbons (Fsp3) is 0.364. The van der Waals surface area contributed by atoms with Crippen molar-refractivity contribution in [1.82, 2.24) is 5.32 Å². The Hall–Kier alpha value is -1.44. The predicted molar refractivity (Wildman–Crippen MR) is 65.8 cm³/mol. The van der Waals surface area contributed by atoms with Crippen molar-refractivity contribution in [3.05, 3.63) is 29.8 Å². The third-order valence-corrected chi connectivity index (χ3v) is 3.83. The fourth-order valence-corrected chi connectivity index (χ4v) is 2.14. The molecule has 2 rings (SSSR count). The van der Waals surface area contributed by atoms with Crippen molar-refractivity contribution in [2.45, 2.75) is 29.8 Å². The van der Waals surface area contributed by atoms with E-state index in [9.17, 15) is 13.2 Å². The van der Waals surface area contributed by atoms with Crippen LogP contribution in [-0.4, -0.2) is 19.9 Å². The lowest BCUT2D eigenvalue weighted by molar-refractivity contribution is -0.123. The van der Waals surface area contributed by atoms with Crippen LogP contribution in [0.1, 0.15) is 18.4 Å². The number of nitrogens with one attached hydrogen (secondary N) is 1. The van der Waals surface area contributed by atoms with E-state index in [-0.39, 0.29) is 17.3 Å². The Morgan fingerprint density at radius 2 is 2.06 bits per heavy atom. The highest BCUT2D eigenvalue weighted by Gasteiger charge is 2.45. The minimum absolute atomic E-state index is 0.0307. The normalized spacial score (nSPS) is 17.2. The van der Waals surface area contributed by atoms with Gasteiger partial charge in [-0.25, -0.2) is 13.6 Å². The summed E-state index contributed by atoms with van der Waals surface area (Å²) in [5.41, 5.74) is 5.67. The first-order chi connectivity index (χ1) is 8.31. The maximum absolute atomic E-state index is 11.6. The summed E-state index contributed by atoms with van der Waals surface area (Å²) in [5, 5.41) is 7.71. The molecular formula is C11H15N3O3S. The molecule has 7 heteroatoms. The maximum atomic E-state index is 11.6. The second-order valence-corrected chi connectivity index (χ2v) is 6.09. The second kappa shape index (κ2) is 4.34. The Morgan fingerprint density at radius 3 is 2.61 bits per heavy atom. The molecule has 1 saturated carbocycles. The SMILES string of the molecule is NC1(C(=O)NCc2cccc(S(N)(=O)=O)c2)CC1. The highest BCUT2D eigenvalue weighted by Crippen LogP contribution is 2.32. The summed E-state index contributed by atoms with van der Waals surface area (Å²) >= 11 is 0. The molecule has 0 aliphatic heterocycles. The van der Waals surface area contributed by atoms with Gasteiger partial charge in [-0.15, -0.1) is 0 Å². The average Bonchev–Trinajstić information content (AvgIpc) is 3.05. The molecule has 1 aromatic rings. The quantitative estimate of drug-likeness (QED) is 0.679. The lowest BCUT2D eigenvalue weighted by Gasteiger charge is -2.10. The maximum Gasteiger partial charge on any atom is 0.240 e. The fourth-order valence-electron chi connectivity index (χ4n) is 1.55. The van der Waals surface area contributed by atoms with E-state index in [2.05, 4.69) is 5.32 Å². The molecule has 1 aliphatic carbocycles. The molecule has 1 amide bonds. The van der Waals surface area contributed by atoms with Crippen molar-refractivity contribution in [1.29, 1.82) is 0 Å². The molecule has 0 bridgehead atoms. The third-order valence-electron chi connectivity index (χ3n) is 2.92. The lowest BCUT2D eigenvalue weighted by Crippen LogP contribution is -2.42. The van der Waals surface area contributed by atoms with Gasteiger partial charge in [0.15, 0.2) is 0 Å². The van der Waals surface area contributed by atoms with E-state index in [1.54, 1.807) is 12.1 Å². The van der Waals surface area contributed by atoms with Gasteiger partial charge in [0.2, 0.25) is 15.9 Å². The second-order valence-electron chi connectivity index (χ2n) is 4.53. The zero-order chi connectivity index (χ0) is 13.4. The largest absolute Gasteiger partial charge is 0.350 e. The van der Waals surface area contributed by atoms with Crippen molar-refractivity contribution < 1.29 is 13.2 Å². The smallest absolute Gasteiger partial charge is 0.240 e. The summed E-state index contributed by atoms with van der Waals surface area (Å²) < 4.78 is 22.3. The van der Waals surface area contributed by atoms with Crippen LogP contribution in [0.15, 0.2) is 29.2 Å². The van der Waals surface area contributed by atoms with Crippen molar-refractivity contribution in [3.8, 4) is 0 Å². The summed E-state index contributed by atoms with van der Waals surface area (Å²) in [7, 11) is -3.72. The summed E-state index contributed by atoms with van der Waals surface area (Å²) in [6.45, 7) is 0.237. The number of carbonyl (C=O) groups excluding carboxylic acids is 1. The summed E-state index contributed by atoms with van der Waals surface area (Å²) in [4.78, 5) is 11.6. The predicted octanol–water partition coefficient (Wildman–Crippen LogP) is -0.558. The monoisotopic (exact) mass is 269 g/mol. The Balaban J connectivity index is 2.04. The molecule has 1 aliphatic rings. The van der Waals surface area contributed by atoms with Gasteiger partial charge in [-0.1, -0.05) is 12.1 Å². The van der Waals surface area contributed by atoms with Gasteiger partial charge in [0.05, 0.1) is 10.4 Å². The van der Waals surface area contributed by atoms with Crippen molar-refractivity contribution in [2.24, 2.45) is 10.9 Å². The van der Waals surface area contributed by atoms with E-state index in [4.69, 9.17) is 10.9 Å². The van der Waals surface area contributed by atoms with Gasteiger partial charge < -0.3 is 11.1 Å². The molecule has 0 aromatic heterocycles. The summed E-state index contributed by atoms with van der Waals surface area (Å²) in [6.07, 6.45) is 1.38. The molecule has 1 fully saturated rings. The van der Waals surface area contributed by atoms with E-state index >= 15 is 0 Å². The number of primary sulfonamides is 1. The number of hydrogen-bond acceptors (Lipinski definition) is 4. The van der Waals surface area contributed by atoms with Crippen molar-refractivity contribution in [2.75, 3.05) is 0 Å². The Bertz CT molecular complexity index is 579. The van der Waals surface area contributed by atoms with E-state index in [1.807, 2.05) is 0 Å². The number of nitrogens with two attached hydrogens (primary N) is 2. The van der Waals surface area contributed by atoms with Crippen molar-refractivity contribution in [3.63, 3.8) is 0 Å². The number of hydrogen-bond donors (Lipinski definition) is 3. The van der Waals surface area contributed by atoms with Gasteiger partial charge in [0.25, 0.3) is 0 Å². The summed E-state index contributed by atoms with van der Waals surface area (Å²) in [6, 6.07) is 6.14. The molecular weight excluding hydrogens is 254 g/mol. The number of carbonyl (C=O) groups is 1. The zero-order valence-corrected chi connectivity index (χ0v) is 10.5. The van der Waals surface area contributed by atoms with Gasteiger partial charge in [0, 0.05) is 6.54 Å². The number of amides is 1. The lowest BCUT2D eigenvalue weighted by atomic mass is 10.2. The van der Waals surface area contributed by atoms with Crippen LogP contribution in [0.4, 0.5) is 0 Å². The first-order valence-electron chi connectivity index (χ1n) is 5.50. The Labute approximate surface area is 105 Å². The van der Waals surface area contributed by atoms with E-state index in [0.29, 0.717) is 18.4 Å². The van der Waals surface area contributed by atoms with E-state index in [1.165, 1.54) is 12.1 Å². The van der Waals surface area contributed by atoms with Crippen LogP contribution in [0.25, 0.3) is 0 Å². The van der Waals surface area contributed by atoms with Crippen molar-refractivity contribution >= 4 is 15.9 Å². The van der Waals surface area contributed by atoms with E-state index in [0.717, 1.165) is 0 Å². The molecule has 6 nitrogen and oxygen atoms in total. The van der Waals surface area contributed by atoms with Crippen LogP contribution in [0, 0.1) is 0 Å². The van der Waals surface area contributed by atoms with E-state index < -0.39 is 15.6 Å². The van der Waals surface area contributed by atoms with Gasteiger partial charge in [0.1, 0.15) is 0 Å². The first-order valence-corrected chi connectivity index (χ1v) is 7.05. The molecule has 0 unspecified atom stereocenters. The third kappa shape index (κ3) is 2.87. The molecule has 0 spiro atoms. The molecule has 98 valence electrons. The van der Waals surface area contributed by atoms with Crippen LogP contribution in [0.2, 0.25) is 0 Å². The number of sulfonamides is 1. The minimum Gasteiger partial charge on any atom is -0.350 e. The average molecular weight is 269 g/mol. The van der Waals surface area contributed by atoms with Crippen LogP contribution in [0.5, 0.6) is 0 Å². The van der Waals surface area contributed by atoms with Gasteiger partial charge >= 0.3 is 0 Å². The minimum atomic E-state index is -3.72. The van der Waals surface area contributed by atoms with Crippen LogP contribution >= 0.6 is 0 Å². The van der Waals surface area contributed by atoms with Crippen LogP contribution in [-0.2, 0) is 21.4 Å². The molecule has 18 heavy (non-hydrogen) atoms. The molecule has 1 aromatic carbocycles. The number of rotatable bonds is 4. The number of benzene rings is 1.